The number of oxazole rings is 1. The summed E-state index contributed by atoms with van der Waals surface area (Å²) in [5, 5.41) is 0. The second-order valence-electron chi connectivity index (χ2n) is 2.38. The fourth-order valence-corrected chi connectivity index (χ4v) is 1.28. The van der Waals surface area contributed by atoms with Crippen LogP contribution in [0, 0.1) is 0 Å². The average molecular weight is 229 g/mol. The minimum Gasteiger partial charge on any atom is -0.406 e. The lowest BCUT2D eigenvalue weighted by molar-refractivity contribution is 0.528. The molecular formula is C7H5BrN2O2. The molecule has 5 heteroatoms. The van der Waals surface area contributed by atoms with Crippen molar-refractivity contribution in [1.29, 1.82) is 0 Å². The lowest BCUT2D eigenvalue weighted by Gasteiger charge is -1.90. The van der Waals surface area contributed by atoms with Crippen molar-refractivity contribution in [2.24, 2.45) is 7.05 Å². The van der Waals surface area contributed by atoms with Gasteiger partial charge < -0.3 is 4.42 Å². The van der Waals surface area contributed by atoms with Crippen LogP contribution < -0.4 is 5.76 Å². The van der Waals surface area contributed by atoms with E-state index in [0.29, 0.717) is 15.8 Å². The first kappa shape index (κ1) is 7.54. The molecule has 0 saturated carbocycles. The van der Waals surface area contributed by atoms with Gasteiger partial charge in [-0.1, -0.05) is 0 Å². The Morgan fingerprint density at radius 1 is 1.58 bits per heavy atom. The van der Waals surface area contributed by atoms with Gasteiger partial charge in [0.2, 0.25) is 0 Å². The highest BCUT2D eigenvalue weighted by Crippen LogP contribution is 2.13. The molecule has 2 aromatic heterocycles. The Hall–Kier alpha value is -1.10. The third-order valence-corrected chi connectivity index (χ3v) is 2.04. The molecular weight excluding hydrogens is 224 g/mol. The maximum absolute atomic E-state index is 11.0. The molecule has 0 atom stereocenters. The molecule has 0 amide bonds. The summed E-state index contributed by atoms with van der Waals surface area (Å²) in [6, 6.07) is 3.43. The maximum atomic E-state index is 11.0. The topological polar surface area (TPSA) is 48.0 Å². The molecule has 0 saturated heterocycles. The first-order chi connectivity index (χ1) is 5.68. The summed E-state index contributed by atoms with van der Waals surface area (Å²) >= 11 is 3.21. The van der Waals surface area contributed by atoms with E-state index in [2.05, 4.69) is 20.9 Å². The van der Waals surface area contributed by atoms with Crippen LogP contribution >= 0.6 is 15.9 Å². The van der Waals surface area contributed by atoms with Gasteiger partial charge >= 0.3 is 5.76 Å². The zero-order valence-electron chi connectivity index (χ0n) is 6.24. The van der Waals surface area contributed by atoms with Gasteiger partial charge in [0.25, 0.3) is 0 Å². The Balaban J connectivity index is 2.98. The predicted molar refractivity (Wildman–Crippen MR) is 47.0 cm³/mol. The molecule has 12 heavy (non-hydrogen) atoms. The van der Waals surface area contributed by atoms with E-state index in [9.17, 15) is 4.79 Å². The van der Waals surface area contributed by atoms with Crippen LogP contribution in [0.15, 0.2) is 25.9 Å². The van der Waals surface area contributed by atoms with Gasteiger partial charge in [-0.05, 0) is 28.1 Å². The van der Waals surface area contributed by atoms with Crippen molar-refractivity contribution in [3.05, 3.63) is 27.3 Å². The first-order valence-corrected chi connectivity index (χ1v) is 4.10. The first-order valence-electron chi connectivity index (χ1n) is 3.30. The van der Waals surface area contributed by atoms with Crippen LogP contribution in [0.2, 0.25) is 0 Å². The number of aryl methyl sites for hydroxylation is 1. The Morgan fingerprint density at radius 3 is 3.08 bits per heavy atom. The zero-order chi connectivity index (χ0) is 8.72. The van der Waals surface area contributed by atoms with Crippen LogP contribution in [0.3, 0.4) is 0 Å². The van der Waals surface area contributed by atoms with E-state index < -0.39 is 5.76 Å². The molecule has 0 aliphatic carbocycles. The number of hydrogen-bond donors (Lipinski definition) is 0. The van der Waals surface area contributed by atoms with Crippen molar-refractivity contribution in [1.82, 2.24) is 9.55 Å². The van der Waals surface area contributed by atoms with Gasteiger partial charge in [-0.25, -0.2) is 9.78 Å². The monoisotopic (exact) mass is 228 g/mol. The second kappa shape index (κ2) is 2.45. The highest BCUT2D eigenvalue weighted by Gasteiger charge is 2.06. The molecule has 0 N–H and O–H groups in total. The van der Waals surface area contributed by atoms with Gasteiger partial charge in [-0.3, -0.25) is 4.57 Å². The molecule has 0 radical (unpaired) electrons. The van der Waals surface area contributed by atoms with Crippen LogP contribution in [0.1, 0.15) is 0 Å². The quantitative estimate of drug-likeness (QED) is 0.639. The minimum atomic E-state index is -0.393. The van der Waals surface area contributed by atoms with E-state index in [4.69, 9.17) is 4.42 Å². The minimum absolute atomic E-state index is 0.393. The van der Waals surface area contributed by atoms with Crippen molar-refractivity contribution >= 4 is 27.2 Å². The number of halogens is 1. The average Bonchev–Trinajstić information content (AvgIpc) is 2.31. The van der Waals surface area contributed by atoms with Gasteiger partial charge in [0.15, 0.2) is 11.2 Å². The van der Waals surface area contributed by atoms with Crippen LogP contribution in [0.25, 0.3) is 11.2 Å². The van der Waals surface area contributed by atoms with Gasteiger partial charge in [0.1, 0.15) is 4.60 Å². The van der Waals surface area contributed by atoms with Crippen molar-refractivity contribution in [2.45, 2.75) is 0 Å². The Morgan fingerprint density at radius 2 is 2.33 bits per heavy atom. The number of hydrogen-bond acceptors (Lipinski definition) is 3. The number of pyridine rings is 1. The smallest absolute Gasteiger partial charge is 0.406 e. The van der Waals surface area contributed by atoms with E-state index in [1.54, 1.807) is 19.2 Å². The van der Waals surface area contributed by atoms with Crippen LogP contribution in [-0.4, -0.2) is 9.55 Å². The van der Waals surface area contributed by atoms with E-state index in [-0.39, 0.29) is 0 Å². The lowest BCUT2D eigenvalue weighted by atomic mass is 10.5. The lowest BCUT2D eigenvalue weighted by Crippen LogP contribution is -2.08. The standard InChI is InChI=1S/C7H5BrN2O2/c1-10-6-4(12-7(10)11)2-3-5(8)9-6/h2-3H,1H3. The summed E-state index contributed by atoms with van der Waals surface area (Å²) in [6.07, 6.45) is 0. The van der Waals surface area contributed by atoms with Crippen molar-refractivity contribution < 1.29 is 4.42 Å². The molecule has 0 unspecified atom stereocenters. The molecule has 4 nitrogen and oxygen atoms in total. The summed E-state index contributed by atoms with van der Waals surface area (Å²) < 4.78 is 6.93. The Kier molecular flexibility index (Phi) is 1.54. The second-order valence-corrected chi connectivity index (χ2v) is 3.20. The third-order valence-electron chi connectivity index (χ3n) is 1.59. The van der Waals surface area contributed by atoms with Gasteiger partial charge in [-0.2, -0.15) is 0 Å². The van der Waals surface area contributed by atoms with Gasteiger partial charge in [0, 0.05) is 7.05 Å². The highest BCUT2D eigenvalue weighted by molar-refractivity contribution is 9.10. The normalized spacial score (nSPS) is 10.8. The maximum Gasteiger partial charge on any atom is 0.420 e. The Bertz CT molecular complexity index is 486. The zero-order valence-corrected chi connectivity index (χ0v) is 7.83. The molecule has 0 aliphatic heterocycles. The molecule has 2 rings (SSSR count). The molecule has 0 fully saturated rings. The number of rotatable bonds is 0. The summed E-state index contributed by atoms with van der Waals surface area (Å²) in [6.45, 7) is 0. The van der Waals surface area contributed by atoms with Crippen LogP contribution in [-0.2, 0) is 7.05 Å². The number of nitrogens with zero attached hydrogens (tertiary/aromatic N) is 2. The van der Waals surface area contributed by atoms with E-state index in [1.165, 1.54) is 4.57 Å². The van der Waals surface area contributed by atoms with Gasteiger partial charge in [-0.15, -0.1) is 0 Å². The largest absolute Gasteiger partial charge is 0.420 e. The van der Waals surface area contributed by atoms with Gasteiger partial charge in [0.05, 0.1) is 0 Å². The van der Waals surface area contributed by atoms with E-state index in [0.717, 1.165) is 0 Å². The Labute approximate surface area is 76.0 Å². The molecule has 0 bridgehead atoms. The predicted octanol–water partition coefficient (Wildman–Crippen LogP) is 1.29. The fourth-order valence-electron chi connectivity index (χ4n) is 0.981. The van der Waals surface area contributed by atoms with E-state index >= 15 is 0 Å². The summed E-state index contributed by atoms with van der Waals surface area (Å²) in [5.41, 5.74) is 1.06. The van der Waals surface area contributed by atoms with Crippen LogP contribution in [0.5, 0.6) is 0 Å². The molecule has 62 valence electrons. The third kappa shape index (κ3) is 0.972. The summed E-state index contributed by atoms with van der Waals surface area (Å²) in [5.74, 6) is -0.393. The molecule has 2 aromatic rings. The SMILES string of the molecule is Cn1c(=O)oc2ccc(Br)nc21. The molecule has 0 aliphatic rings. The summed E-state index contributed by atoms with van der Waals surface area (Å²) in [4.78, 5) is 15.1. The number of fused-ring (bicyclic) bond motifs is 1. The summed E-state index contributed by atoms with van der Waals surface area (Å²) in [7, 11) is 1.62. The van der Waals surface area contributed by atoms with Crippen molar-refractivity contribution in [2.75, 3.05) is 0 Å². The molecule has 0 aromatic carbocycles. The molecule has 2 heterocycles. The van der Waals surface area contributed by atoms with E-state index in [1.807, 2.05) is 0 Å². The van der Waals surface area contributed by atoms with Crippen LogP contribution in [0.4, 0.5) is 0 Å². The highest BCUT2D eigenvalue weighted by atomic mass is 79.9. The molecule has 0 spiro atoms. The van der Waals surface area contributed by atoms with Crippen molar-refractivity contribution in [3.8, 4) is 0 Å². The van der Waals surface area contributed by atoms with Crippen molar-refractivity contribution in [3.63, 3.8) is 0 Å². The number of aromatic nitrogens is 2. The fraction of sp³-hybridized carbons (Fsp3) is 0.143.